The molecule has 0 radical (unpaired) electrons. The summed E-state index contributed by atoms with van der Waals surface area (Å²) in [5, 5.41) is 3.57. The lowest BCUT2D eigenvalue weighted by Crippen LogP contribution is -2.16. The van der Waals surface area contributed by atoms with E-state index in [1.165, 1.54) is 129 Å². The summed E-state index contributed by atoms with van der Waals surface area (Å²) in [5.74, 6) is 0. The van der Waals surface area contributed by atoms with E-state index in [-0.39, 0.29) is 0 Å². The van der Waals surface area contributed by atoms with Gasteiger partial charge in [-0.15, -0.1) is 0 Å². The quantitative estimate of drug-likeness (QED) is 0.149. The van der Waals surface area contributed by atoms with Crippen LogP contribution in [0.5, 0.6) is 0 Å². The molecular formula is C24H49NO. The van der Waals surface area contributed by atoms with Crippen molar-refractivity contribution in [2.45, 2.75) is 135 Å². The molecule has 0 aromatic rings. The molecule has 0 atom stereocenters. The Kier molecular flexibility index (Phi) is 24.3. The molecule has 156 valence electrons. The van der Waals surface area contributed by atoms with Crippen molar-refractivity contribution in [3.8, 4) is 0 Å². The van der Waals surface area contributed by atoms with Crippen LogP contribution in [0.1, 0.15) is 135 Å². The van der Waals surface area contributed by atoms with Crippen molar-refractivity contribution in [1.82, 2.24) is 5.32 Å². The molecule has 0 fully saturated rings. The molecule has 0 aliphatic rings. The van der Waals surface area contributed by atoms with Crippen LogP contribution in [-0.4, -0.2) is 19.4 Å². The second-order valence-corrected chi connectivity index (χ2v) is 8.07. The Balaban J connectivity index is 2.96. The van der Waals surface area contributed by atoms with Gasteiger partial charge in [-0.3, -0.25) is 0 Å². The molecule has 0 rings (SSSR count). The van der Waals surface area contributed by atoms with Crippen LogP contribution in [0.3, 0.4) is 0 Å². The van der Waals surface area contributed by atoms with E-state index in [0.717, 1.165) is 19.1 Å². The first-order valence-corrected chi connectivity index (χ1v) is 12.1. The predicted molar refractivity (Wildman–Crippen MR) is 117 cm³/mol. The van der Waals surface area contributed by atoms with Crippen molar-refractivity contribution in [3.63, 3.8) is 0 Å². The Labute approximate surface area is 165 Å². The Hall–Kier alpha value is -0.370. The highest BCUT2D eigenvalue weighted by Crippen LogP contribution is 2.12. The number of hydrogen-bond acceptors (Lipinski definition) is 2. The Morgan fingerprint density at radius 3 is 1.23 bits per heavy atom. The van der Waals surface area contributed by atoms with Gasteiger partial charge in [-0.05, 0) is 32.4 Å². The highest BCUT2D eigenvalue weighted by Gasteiger charge is 1.95. The Morgan fingerprint density at radius 1 is 0.500 bits per heavy atom. The van der Waals surface area contributed by atoms with Crippen LogP contribution in [0.25, 0.3) is 0 Å². The maximum atomic E-state index is 10.2. The average Bonchev–Trinajstić information content (AvgIpc) is 2.66. The van der Waals surface area contributed by atoms with Crippen molar-refractivity contribution in [2.75, 3.05) is 13.1 Å². The summed E-state index contributed by atoms with van der Waals surface area (Å²) in [5.41, 5.74) is 0. The lowest BCUT2D eigenvalue weighted by molar-refractivity contribution is -0.107. The largest absolute Gasteiger partial charge is 0.317 e. The van der Waals surface area contributed by atoms with Gasteiger partial charge in [-0.1, -0.05) is 110 Å². The number of nitrogens with one attached hydrogen (secondary N) is 1. The first-order valence-electron chi connectivity index (χ1n) is 12.1. The summed E-state index contributed by atoms with van der Waals surface area (Å²) < 4.78 is 0. The van der Waals surface area contributed by atoms with Crippen LogP contribution < -0.4 is 5.32 Å². The summed E-state index contributed by atoms with van der Waals surface area (Å²) in [6, 6.07) is 0. The van der Waals surface area contributed by atoms with E-state index in [4.69, 9.17) is 0 Å². The van der Waals surface area contributed by atoms with Gasteiger partial charge in [0.25, 0.3) is 0 Å². The van der Waals surface area contributed by atoms with E-state index in [1.807, 2.05) is 0 Å². The molecule has 0 aliphatic heterocycles. The smallest absolute Gasteiger partial charge is 0.119 e. The van der Waals surface area contributed by atoms with Gasteiger partial charge in [-0.25, -0.2) is 0 Å². The summed E-state index contributed by atoms with van der Waals surface area (Å²) in [6.07, 6.45) is 28.1. The monoisotopic (exact) mass is 367 g/mol. The zero-order valence-electron chi connectivity index (χ0n) is 18.0. The molecule has 1 N–H and O–H groups in total. The van der Waals surface area contributed by atoms with Gasteiger partial charge in [0.15, 0.2) is 0 Å². The van der Waals surface area contributed by atoms with Gasteiger partial charge in [0.2, 0.25) is 0 Å². The number of unbranched alkanes of at least 4 members (excludes halogenated alkanes) is 18. The Bertz CT molecular complexity index is 255. The zero-order valence-corrected chi connectivity index (χ0v) is 18.0. The third-order valence-electron chi connectivity index (χ3n) is 5.38. The van der Waals surface area contributed by atoms with Crippen LogP contribution in [0.4, 0.5) is 0 Å². The maximum Gasteiger partial charge on any atom is 0.119 e. The summed E-state index contributed by atoms with van der Waals surface area (Å²) in [7, 11) is 0. The van der Waals surface area contributed by atoms with Crippen molar-refractivity contribution in [2.24, 2.45) is 0 Å². The number of hydrogen-bond donors (Lipinski definition) is 1. The van der Waals surface area contributed by atoms with E-state index < -0.39 is 0 Å². The van der Waals surface area contributed by atoms with Crippen LogP contribution in [0.2, 0.25) is 0 Å². The standard InChI is InChI=1S/C24H49NO/c1-2-3-4-5-6-7-8-9-10-11-12-13-16-19-22-25-23-20-17-14-15-18-21-24-26/h24-25H,2-23H2,1H3. The molecule has 0 aromatic heterocycles. The third-order valence-corrected chi connectivity index (χ3v) is 5.38. The van der Waals surface area contributed by atoms with E-state index in [0.29, 0.717) is 0 Å². The van der Waals surface area contributed by atoms with Crippen molar-refractivity contribution in [1.29, 1.82) is 0 Å². The van der Waals surface area contributed by atoms with Crippen LogP contribution in [-0.2, 0) is 4.79 Å². The fraction of sp³-hybridized carbons (Fsp3) is 0.958. The molecule has 0 bridgehead atoms. The molecule has 0 spiro atoms. The van der Waals surface area contributed by atoms with Gasteiger partial charge < -0.3 is 10.1 Å². The van der Waals surface area contributed by atoms with Gasteiger partial charge in [0.05, 0.1) is 0 Å². The van der Waals surface area contributed by atoms with Gasteiger partial charge in [0, 0.05) is 6.42 Å². The maximum absolute atomic E-state index is 10.2. The van der Waals surface area contributed by atoms with E-state index in [1.54, 1.807) is 0 Å². The molecule has 0 amide bonds. The molecule has 0 unspecified atom stereocenters. The van der Waals surface area contributed by atoms with E-state index in [9.17, 15) is 4.79 Å². The molecule has 26 heavy (non-hydrogen) atoms. The normalized spacial score (nSPS) is 11.1. The Morgan fingerprint density at radius 2 is 0.846 bits per heavy atom. The highest BCUT2D eigenvalue weighted by molar-refractivity contribution is 5.48. The fourth-order valence-corrected chi connectivity index (χ4v) is 3.58. The second kappa shape index (κ2) is 24.6. The van der Waals surface area contributed by atoms with Crippen molar-refractivity contribution in [3.05, 3.63) is 0 Å². The minimum atomic E-state index is 0.747. The number of rotatable bonds is 23. The third kappa shape index (κ3) is 23.6. The molecule has 2 nitrogen and oxygen atoms in total. The van der Waals surface area contributed by atoms with Crippen LogP contribution in [0, 0.1) is 0 Å². The van der Waals surface area contributed by atoms with Crippen LogP contribution >= 0.6 is 0 Å². The molecule has 0 saturated carbocycles. The fourth-order valence-electron chi connectivity index (χ4n) is 3.58. The van der Waals surface area contributed by atoms with Crippen molar-refractivity contribution < 1.29 is 4.79 Å². The van der Waals surface area contributed by atoms with Crippen molar-refractivity contribution >= 4 is 6.29 Å². The second-order valence-electron chi connectivity index (χ2n) is 8.07. The lowest BCUT2D eigenvalue weighted by atomic mass is 10.0. The molecular weight excluding hydrogens is 318 g/mol. The number of carbonyl (C=O) groups excluding carboxylic acids is 1. The molecule has 2 heteroatoms. The topological polar surface area (TPSA) is 29.1 Å². The highest BCUT2D eigenvalue weighted by atomic mass is 16.1. The minimum Gasteiger partial charge on any atom is -0.317 e. The van der Waals surface area contributed by atoms with E-state index >= 15 is 0 Å². The number of carbonyl (C=O) groups is 1. The number of aldehydes is 1. The van der Waals surface area contributed by atoms with Gasteiger partial charge in [0.1, 0.15) is 6.29 Å². The summed E-state index contributed by atoms with van der Waals surface area (Å²) in [6.45, 7) is 4.66. The zero-order chi connectivity index (χ0) is 19.0. The van der Waals surface area contributed by atoms with Gasteiger partial charge in [-0.2, -0.15) is 0 Å². The first-order chi connectivity index (χ1) is 12.9. The molecule has 0 aliphatic carbocycles. The molecule has 0 saturated heterocycles. The van der Waals surface area contributed by atoms with Gasteiger partial charge >= 0.3 is 0 Å². The molecule has 0 heterocycles. The minimum absolute atomic E-state index is 0.747. The summed E-state index contributed by atoms with van der Waals surface area (Å²) >= 11 is 0. The first kappa shape index (κ1) is 25.6. The van der Waals surface area contributed by atoms with E-state index in [2.05, 4.69) is 12.2 Å². The lowest BCUT2D eigenvalue weighted by Gasteiger charge is -2.05. The predicted octanol–water partition coefficient (Wildman–Crippen LogP) is 7.60. The average molecular weight is 368 g/mol. The van der Waals surface area contributed by atoms with Crippen LogP contribution in [0.15, 0.2) is 0 Å². The molecule has 0 aromatic carbocycles. The SMILES string of the molecule is CCCCCCCCCCCCCCCCNCCCCCCCC=O. The summed E-state index contributed by atoms with van der Waals surface area (Å²) in [4.78, 5) is 10.2.